The van der Waals surface area contributed by atoms with Crippen LogP contribution in [0.1, 0.15) is 44.9 Å². The van der Waals surface area contributed by atoms with E-state index in [4.69, 9.17) is 0 Å². The molecule has 1 fully saturated rings. The molecule has 16 heavy (non-hydrogen) atoms. The van der Waals surface area contributed by atoms with Gasteiger partial charge in [-0.25, -0.2) is 0 Å². The fourth-order valence-electron chi connectivity index (χ4n) is 1.99. The summed E-state index contributed by atoms with van der Waals surface area (Å²) in [6.07, 6.45) is 9.76. The minimum Gasteiger partial charge on any atom is -0.545 e. The lowest BCUT2D eigenvalue weighted by molar-refractivity contribution is -0.297. The van der Waals surface area contributed by atoms with Gasteiger partial charge < -0.3 is 15.2 Å². The Morgan fingerprint density at radius 1 is 1.00 bits per heavy atom. The molecule has 0 radical (unpaired) electrons. The fourth-order valence-corrected chi connectivity index (χ4v) is 1.99. The zero-order valence-corrected chi connectivity index (χ0v) is 9.41. The number of nitrogens with one attached hydrogen (secondary N) is 1. The van der Waals surface area contributed by atoms with E-state index in [9.17, 15) is 14.7 Å². The van der Waals surface area contributed by atoms with Gasteiger partial charge in [0.05, 0.1) is 5.97 Å². The first-order valence-electron chi connectivity index (χ1n) is 5.88. The second-order valence-electron chi connectivity index (χ2n) is 4.20. The molecule has 0 aromatic rings. The van der Waals surface area contributed by atoms with Crippen LogP contribution in [0.4, 0.5) is 0 Å². The van der Waals surface area contributed by atoms with Crippen LogP contribution < -0.4 is 10.4 Å². The van der Waals surface area contributed by atoms with Crippen molar-refractivity contribution in [2.45, 2.75) is 51.0 Å². The summed E-state index contributed by atoms with van der Waals surface area (Å²) in [7, 11) is 0. The smallest absolute Gasteiger partial charge is 0.244 e. The highest BCUT2D eigenvalue weighted by molar-refractivity contribution is 5.93. The van der Waals surface area contributed by atoms with Gasteiger partial charge in [-0.3, -0.25) is 4.79 Å². The Balaban J connectivity index is 2.33. The first kappa shape index (κ1) is 12.7. The topological polar surface area (TPSA) is 69.2 Å². The highest BCUT2D eigenvalue weighted by Gasteiger charge is 2.12. The third kappa shape index (κ3) is 5.53. The van der Waals surface area contributed by atoms with E-state index in [1.54, 1.807) is 0 Å². The van der Waals surface area contributed by atoms with E-state index in [2.05, 4.69) is 5.32 Å². The molecule has 0 aromatic heterocycles. The van der Waals surface area contributed by atoms with E-state index in [1.165, 1.54) is 19.3 Å². The van der Waals surface area contributed by atoms with Crippen LogP contribution in [-0.2, 0) is 9.59 Å². The molecule has 0 saturated heterocycles. The minimum absolute atomic E-state index is 0.194. The lowest BCUT2D eigenvalue weighted by Crippen LogP contribution is -2.34. The predicted molar refractivity (Wildman–Crippen MR) is 58.4 cm³/mol. The van der Waals surface area contributed by atoms with Crippen LogP contribution in [0, 0.1) is 0 Å². The van der Waals surface area contributed by atoms with Gasteiger partial charge in [0.25, 0.3) is 0 Å². The Bertz CT molecular complexity index is 265. The van der Waals surface area contributed by atoms with Gasteiger partial charge in [-0.05, 0) is 18.9 Å². The van der Waals surface area contributed by atoms with Gasteiger partial charge in [-0.15, -0.1) is 0 Å². The molecule has 1 saturated carbocycles. The van der Waals surface area contributed by atoms with Crippen LogP contribution in [0.3, 0.4) is 0 Å². The van der Waals surface area contributed by atoms with E-state index >= 15 is 0 Å². The number of hydrogen-bond acceptors (Lipinski definition) is 3. The Kier molecular flexibility index (Phi) is 5.61. The molecule has 0 aliphatic heterocycles. The largest absolute Gasteiger partial charge is 0.545 e. The average Bonchev–Trinajstić information content (AvgIpc) is 2.19. The number of rotatable bonds is 3. The molecule has 1 aliphatic rings. The highest BCUT2D eigenvalue weighted by Crippen LogP contribution is 2.16. The van der Waals surface area contributed by atoms with E-state index in [-0.39, 0.29) is 11.9 Å². The van der Waals surface area contributed by atoms with Crippen LogP contribution >= 0.6 is 0 Å². The zero-order chi connectivity index (χ0) is 11.8. The molecular formula is C12H18NO3-. The van der Waals surface area contributed by atoms with Crippen molar-refractivity contribution >= 4 is 11.9 Å². The fraction of sp³-hybridized carbons (Fsp3) is 0.667. The number of carboxylic acid groups (broad SMARTS) is 1. The molecule has 90 valence electrons. The zero-order valence-electron chi connectivity index (χ0n) is 9.41. The summed E-state index contributed by atoms with van der Waals surface area (Å²) < 4.78 is 0. The van der Waals surface area contributed by atoms with Gasteiger partial charge in [0, 0.05) is 12.1 Å². The summed E-state index contributed by atoms with van der Waals surface area (Å²) >= 11 is 0. The summed E-state index contributed by atoms with van der Waals surface area (Å²) in [5, 5.41) is 12.9. The number of hydrogen-bond donors (Lipinski definition) is 1. The van der Waals surface area contributed by atoms with Gasteiger partial charge in [-0.1, -0.05) is 32.1 Å². The Labute approximate surface area is 95.7 Å². The van der Waals surface area contributed by atoms with E-state index in [0.717, 1.165) is 37.8 Å². The first-order chi connectivity index (χ1) is 7.68. The van der Waals surface area contributed by atoms with E-state index in [0.29, 0.717) is 0 Å². The summed E-state index contributed by atoms with van der Waals surface area (Å²) in [5.41, 5.74) is 0. The monoisotopic (exact) mass is 224 g/mol. The van der Waals surface area contributed by atoms with Gasteiger partial charge in [0.2, 0.25) is 5.91 Å². The maximum atomic E-state index is 11.3. The lowest BCUT2D eigenvalue weighted by atomic mass is 9.97. The molecule has 0 unspecified atom stereocenters. The third-order valence-electron chi connectivity index (χ3n) is 2.82. The van der Waals surface area contributed by atoms with Gasteiger partial charge >= 0.3 is 0 Å². The number of carbonyl (C=O) groups excluding carboxylic acids is 2. The number of aliphatic carboxylic acids is 1. The standard InChI is InChI=1S/C12H19NO3/c14-11(8-9-12(15)16)13-10-6-4-2-1-3-5-7-10/h8-10H,1-7H2,(H,13,14)(H,15,16)/p-1/b9-8+. The summed E-state index contributed by atoms with van der Waals surface area (Å²) in [6.45, 7) is 0. The number of amides is 1. The van der Waals surface area contributed by atoms with Crippen molar-refractivity contribution < 1.29 is 14.7 Å². The molecule has 0 bridgehead atoms. The van der Waals surface area contributed by atoms with Crippen LogP contribution in [0.25, 0.3) is 0 Å². The quantitative estimate of drug-likeness (QED) is 0.711. The Hall–Kier alpha value is -1.32. The van der Waals surface area contributed by atoms with E-state index in [1.807, 2.05) is 0 Å². The summed E-state index contributed by atoms with van der Waals surface area (Å²) in [6, 6.07) is 0.194. The molecule has 1 N–H and O–H groups in total. The van der Waals surface area contributed by atoms with Crippen LogP contribution in [0.2, 0.25) is 0 Å². The molecule has 0 heterocycles. The van der Waals surface area contributed by atoms with Crippen LogP contribution in [0.15, 0.2) is 12.2 Å². The maximum Gasteiger partial charge on any atom is 0.244 e. The molecule has 0 aromatic carbocycles. The highest BCUT2D eigenvalue weighted by atomic mass is 16.4. The first-order valence-corrected chi connectivity index (χ1v) is 5.88. The molecular weight excluding hydrogens is 206 g/mol. The van der Waals surface area contributed by atoms with Gasteiger partial charge in [-0.2, -0.15) is 0 Å². The molecule has 4 heteroatoms. The van der Waals surface area contributed by atoms with Crippen molar-refractivity contribution in [2.24, 2.45) is 0 Å². The van der Waals surface area contributed by atoms with Crippen molar-refractivity contribution in [3.05, 3.63) is 12.2 Å². The third-order valence-corrected chi connectivity index (χ3v) is 2.82. The number of carboxylic acids is 1. The second-order valence-corrected chi connectivity index (χ2v) is 4.20. The Morgan fingerprint density at radius 3 is 2.12 bits per heavy atom. The molecule has 0 spiro atoms. The normalized spacial score (nSPS) is 19.0. The van der Waals surface area contributed by atoms with Crippen molar-refractivity contribution in [3.63, 3.8) is 0 Å². The van der Waals surface area contributed by atoms with Gasteiger partial charge in [0.1, 0.15) is 0 Å². The molecule has 4 nitrogen and oxygen atoms in total. The molecule has 1 aliphatic carbocycles. The van der Waals surface area contributed by atoms with Gasteiger partial charge in [0.15, 0.2) is 0 Å². The number of carbonyl (C=O) groups is 2. The van der Waals surface area contributed by atoms with Crippen molar-refractivity contribution in [3.8, 4) is 0 Å². The maximum absolute atomic E-state index is 11.3. The van der Waals surface area contributed by atoms with Crippen molar-refractivity contribution in [1.82, 2.24) is 5.32 Å². The SMILES string of the molecule is O=C([O-])/C=C/C(=O)NC1CCCCCCC1. The Morgan fingerprint density at radius 2 is 1.56 bits per heavy atom. The minimum atomic E-state index is -1.34. The van der Waals surface area contributed by atoms with Crippen LogP contribution in [0.5, 0.6) is 0 Å². The van der Waals surface area contributed by atoms with E-state index < -0.39 is 5.97 Å². The van der Waals surface area contributed by atoms with Crippen molar-refractivity contribution in [1.29, 1.82) is 0 Å². The second kappa shape index (κ2) is 7.04. The molecule has 0 atom stereocenters. The lowest BCUT2D eigenvalue weighted by Gasteiger charge is -2.20. The molecule has 1 amide bonds. The summed E-state index contributed by atoms with van der Waals surface area (Å²) in [4.78, 5) is 21.4. The summed E-state index contributed by atoms with van der Waals surface area (Å²) in [5.74, 6) is -1.68. The van der Waals surface area contributed by atoms with Crippen LogP contribution in [-0.4, -0.2) is 17.9 Å². The average molecular weight is 224 g/mol. The molecule has 1 rings (SSSR count). The predicted octanol–water partition coefficient (Wildman–Crippen LogP) is 0.522. The van der Waals surface area contributed by atoms with Crippen molar-refractivity contribution in [2.75, 3.05) is 0 Å².